The third-order valence-corrected chi connectivity index (χ3v) is 2.74. The average Bonchev–Trinajstić information content (AvgIpc) is 2.39. The molecule has 0 atom stereocenters. The molecule has 4 nitrogen and oxygen atoms in total. The third-order valence-electron chi connectivity index (χ3n) is 2.74. The second kappa shape index (κ2) is 7.71. The van der Waals surface area contributed by atoms with Crippen LogP contribution in [0.15, 0.2) is 24.3 Å². The molecule has 0 unspecified atom stereocenters. The van der Waals surface area contributed by atoms with Crippen LogP contribution < -0.4 is 4.90 Å². The van der Waals surface area contributed by atoms with Gasteiger partial charge < -0.3 is 14.7 Å². The zero-order valence-electron chi connectivity index (χ0n) is 11.1. The van der Waals surface area contributed by atoms with Gasteiger partial charge in [0.25, 0.3) is 0 Å². The van der Waals surface area contributed by atoms with Crippen LogP contribution in [0.4, 0.5) is 5.69 Å². The van der Waals surface area contributed by atoms with Crippen LogP contribution >= 0.6 is 0 Å². The summed E-state index contributed by atoms with van der Waals surface area (Å²) >= 11 is 0. The smallest absolute Gasteiger partial charge is 0.305 e. The first-order chi connectivity index (χ1) is 8.67. The molecule has 100 valence electrons. The molecule has 0 bridgehead atoms. The van der Waals surface area contributed by atoms with E-state index in [9.17, 15) is 4.79 Å². The number of nitrogens with zero attached hydrogens (tertiary/aromatic N) is 1. The minimum absolute atomic E-state index is 0.0624. The van der Waals surface area contributed by atoms with Crippen molar-refractivity contribution in [2.45, 2.75) is 26.4 Å². The topological polar surface area (TPSA) is 49.8 Å². The maximum Gasteiger partial charge on any atom is 0.305 e. The van der Waals surface area contributed by atoms with Crippen molar-refractivity contribution in [2.75, 3.05) is 25.1 Å². The summed E-state index contributed by atoms with van der Waals surface area (Å²) in [6.45, 7) is 3.12. The lowest BCUT2D eigenvalue weighted by atomic mass is 10.2. The van der Waals surface area contributed by atoms with Crippen molar-refractivity contribution in [1.82, 2.24) is 0 Å². The van der Waals surface area contributed by atoms with Crippen LogP contribution in [-0.2, 0) is 16.1 Å². The number of ether oxygens (including phenoxy) is 1. The first-order valence-electron chi connectivity index (χ1n) is 6.24. The number of carbonyl (C=O) groups is 1. The summed E-state index contributed by atoms with van der Waals surface area (Å²) in [5.74, 6) is -0.137. The second-order valence-corrected chi connectivity index (χ2v) is 4.15. The van der Waals surface area contributed by atoms with Crippen LogP contribution in [0.1, 0.15) is 25.3 Å². The Balaban J connectivity index is 2.35. The fourth-order valence-corrected chi connectivity index (χ4v) is 1.68. The molecule has 0 aliphatic heterocycles. The van der Waals surface area contributed by atoms with Crippen molar-refractivity contribution >= 4 is 11.7 Å². The highest BCUT2D eigenvalue weighted by Crippen LogP contribution is 2.14. The van der Waals surface area contributed by atoms with Gasteiger partial charge in [0, 0.05) is 25.7 Å². The average molecular weight is 251 g/mol. The molecular weight excluding hydrogens is 230 g/mol. The molecule has 0 aromatic heterocycles. The van der Waals surface area contributed by atoms with Gasteiger partial charge in [-0.3, -0.25) is 4.79 Å². The van der Waals surface area contributed by atoms with E-state index in [-0.39, 0.29) is 12.6 Å². The van der Waals surface area contributed by atoms with Gasteiger partial charge in [0.15, 0.2) is 0 Å². The first kappa shape index (κ1) is 14.5. The third kappa shape index (κ3) is 4.75. The molecule has 0 spiro atoms. The summed E-state index contributed by atoms with van der Waals surface area (Å²) in [6, 6.07) is 7.74. The number of aliphatic hydroxyl groups is 1. The maximum absolute atomic E-state index is 11.2. The number of anilines is 1. The van der Waals surface area contributed by atoms with Crippen molar-refractivity contribution in [3.8, 4) is 0 Å². The standard InChI is InChI=1S/C14H21NO3/c1-3-18-14(17)5-4-10-15(2)13-8-6-12(11-16)7-9-13/h6-9,16H,3-5,10-11H2,1-2H3. The zero-order chi connectivity index (χ0) is 13.4. The second-order valence-electron chi connectivity index (χ2n) is 4.15. The number of esters is 1. The van der Waals surface area contributed by atoms with Gasteiger partial charge in [-0.05, 0) is 31.0 Å². The highest BCUT2D eigenvalue weighted by molar-refractivity contribution is 5.69. The predicted octanol–water partition coefficient (Wildman–Crippen LogP) is 1.96. The molecule has 0 radical (unpaired) electrons. The number of hydrogen-bond acceptors (Lipinski definition) is 4. The van der Waals surface area contributed by atoms with E-state index in [1.54, 1.807) is 0 Å². The van der Waals surface area contributed by atoms with E-state index in [4.69, 9.17) is 9.84 Å². The Bertz CT molecular complexity index is 362. The number of aliphatic hydroxyl groups excluding tert-OH is 1. The minimum atomic E-state index is -0.137. The van der Waals surface area contributed by atoms with Gasteiger partial charge in [-0.15, -0.1) is 0 Å². The van der Waals surface area contributed by atoms with Gasteiger partial charge in [-0.2, -0.15) is 0 Å². The van der Waals surface area contributed by atoms with E-state index in [1.165, 1.54) is 0 Å². The van der Waals surface area contributed by atoms with Gasteiger partial charge in [0.2, 0.25) is 0 Å². The number of carbonyl (C=O) groups excluding carboxylic acids is 1. The molecule has 1 rings (SSSR count). The Morgan fingerprint density at radius 2 is 2.00 bits per heavy atom. The SMILES string of the molecule is CCOC(=O)CCCN(C)c1ccc(CO)cc1. The summed E-state index contributed by atoms with van der Waals surface area (Å²) in [6.07, 6.45) is 1.23. The van der Waals surface area contributed by atoms with Crippen LogP contribution in [-0.4, -0.2) is 31.3 Å². The molecule has 0 fully saturated rings. The lowest BCUT2D eigenvalue weighted by molar-refractivity contribution is -0.143. The monoisotopic (exact) mass is 251 g/mol. The Labute approximate surface area is 108 Å². The highest BCUT2D eigenvalue weighted by Gasteiger charge is 2.04. The first-order valence-corrected chi connectivity index (χ1v) is 6.24. The van der Waals surface area contributed by atoms with Crippen LogP contribution in [0, 0.1) is 0 Å². The van der Waals surface area contributed by atoms with Crippen LogP contribution in [0.25, 0.3) is 0 Å². The van der Waals surface area contributed by atoms with E-state index in [2.05, 4.69) is 4.90 Å². The normalized spacial score (nSPS) is 10.2. The molecule has 18 heavy (non-hydrogen) atoms. The Kier molecular flexibility index (Phi) is 6.22. The molecule has 0 aliphatic carbocycles. The summed E-state index contributed by atoms with van der Waals surface area (Å²) in [4.78, 5) is 13.3. The zero-order valence-corrected chi connectivity index (χ0v) is 11.1. The van der Waals surface area contributed by atoms with Gasteiger partial charge in [0.1, 0.15) is 0 Å². The van der Waals surface area contributed by atoms with Crippen molar-refractivity contribution in [2.24, 2.45) is 0 Å². The quantitative estimate of drug-likeness (QED) is 0.753. The molecule has 1 N–H and O–H groups in total. The Hall–Kier alpha value is -1.55. The van der Waals surface area contributed by atoms with E-state index >= 15 is 0 Å². The number of benzene rings is 1. The van der Waals surface area contributed by atoms with Gasteiger partial charge in [-0.25, -0.2) is 0 Å². The summed E-state index contributed by atoms with van der Waals surface area (Å²) in [5, 5.41) is 8.96. The maximum atomic E-state index is 11.2. The molecule has 0 amide bonds. The number of rotatable bonds is 7. The van der Waals surface area contributed by atoms with E-state index in [0.29, 0.717) is 13.0 Å². The van der Waals surface area contributed by atoms with Crippen molar-refractivity contribution in [1.29, 1.82) is 0 Å². The van der Waals surface area contributed by atoms with Crippen molar-refractivity contribution in [3.05, 3.63) is 29.8 Å². The molecular formula is C14H21NO3. The summed E-state index contributed by atoms with van der Waals surface area (Å²) in [7, 11) is 1.99. The molecule has 1 aromatic carbocycles. The highest BCUT2D eigenvalue weighted by atomic mass is 16.5. The molecule has 0 saturated heterocycles. The van der Waals surface area contributed by atoms with Crippen LogP contribution in [0.3, 0.4) is 0 Å². The molecule has 0 heterocycles. The minimum Gasteiger partial charge on any atom is -0.466 e. The lowest BCUT2D eigenvalue weighted by Gasteiger charge is -2.19. The Morgan fingerprint density at radius 1 is 1.33 bits per heavy atom. The van der Waals surface area contributed by atoms with Crippen LogP contribution in [0.5, 0.6) is 0 Å². The van der Waals surface area contributed by atoms with E-state index in [0.717, 1.165) is 24.2 Å². The van der Waals surface area contributed by atoms with Gasteiger partial charge in [0.05, 0.1) is 13.2 Å². The molecule has 4 heteroatoms. The largest absolute Gasteiger partial charge is 0.466 e. The summed E-state index contributed by atoms with van der Waals surface area (Å²) < 4.78 is 4.87. The molecule has 0 saturated carbocycles. The Morgan fingerprint density at radius 3 is 2.56 bits per heavy atom. The van der Waals surface area contributed by atoms with Crippen molar-refractivity contribution in [3.63, 3.8) is 0 Å². The molecule has 0 aliphatic rings. The lowest BCUT2D eigenvalue weighted by Crippen LogP contribution is -2.19. The van der Waals surface area contributed by atoms with E-state index in [1.807, 2.05) is 38.2 Å². The van der Waals surface area contributed by atoms with Crippen molar-refractivity contribution < 1.29 is 14.6 Å². The fraction of sp³-hybridized carbons (Fsp3) is 0.500. The predicted molar refractivity (Wildman–Crippen MR) is 71.5 cm³/mol. The fourth-order valence-electron chi connectivity index (χ4n) is 1.68. The van der Waals surface area contributed by atoms with Gasteiger partial charge in [-0.1, -0.05) is 12.1 Å². The van der Waals surface area contributed by atoms with Gasteiger partial charge >= 0.3 is 5.97 Å². The number of hydrogen-bond donors (Lipinski definition) is 1. The van der Waals surface area contributed by atoms with E-state index < -0.39 is 0 Å². The van der Waals surface area contributed by atoms with Crippen LogP contribution in [0.2, 0.25) is 0 Å². The summed E-state index contributed by atoms with van der Waals surface area (Å²) in [5.41, 5.74) is 1.98. The molecule has 1 aromatic rings.